The number of thiol groups is 1. The molecule has 0 rings (SSSR count). The first-order chi connectivity index (χ1) is 5.16. The van der Waals surface area contributed by atoms with Crippen molar-refractivity contribution >= 4 is 12.6 Å². The maximum Gasteiger partial charge on any atom is 0.0503 e. The predicted octanol–water partition coefficient (Wildman–Crippen LogP) is 2.54. The van der Waals surface area contributed by atoms with Gasteiger partial charge >= 0.3 is 0 Å². The molecular formula is C9H18OS. The first-order valence-electron chi connectivity index (χ1n) is 3.99. The van der Waals surface area contributed by atoms with Crippen LogP contribution in [0.2, 0.25) is 0 Å². The largest absolute Gasteiger partial charge is 0.381 e. The summed E-state index contributed by atoms with van der Waals surface area (Å²) in [7, 11) is 0. The van der Waals surface area contributed by atoms with Crippen molar-refractivity contribution in [1.82, 2.24) is 0 Å². The Labute approximate surface area is 75.2 Å². The van der Waals surface area contributed by atoms with Crippen LogP contribution in [0.15, 0.2) is 12.2 Å². The Hall–Kier alpha value is 0.0500. The van der Waals surface area contributed by atoms with Gasteiger partial charge in [0.25, 0.3) is 0 Å². The van der Waals surface area contributed by atoms with E-state index in [-0.39, 0.29) is 0 Å². The van der Waals surface area contributed by atoms with Crippen molar-refractivity contribution in [2.45, 2.75) is 20.3 Å². The van der Waals surface area contributed by atoms with Crippen LogP contribution < -0.4 is 0 Å². The van der Waals surface area contributed by atoms with Crippen LogP contribution in [-0.4, -0.2) is 19.0 Å². The molecule has 0 fully saturated rings. The number of hydrogen-bond acceptors (Lipinski definition) is 2. The maximum atomic E-state index is 5.39. The molecule has 0 heterocycles. The molecule has 0 aliphatic heterocycles. The van der Waals surface area contributed by atoms with Gasteiger partial charge in [0.15, 0.2) is 0 Å². The van der Waals surface area contributed by atoms with Gasteiger partial charge in [-0.2, -0.15) is 12.6 Å². The standard InChI is InChI=1S/C9H18OS/c1-8(2)4-5-10-6-9(3)7-11/h9,11H,1,4-7H2,2-3H3. The summed E-state index contributed by atoms with van der Waals surface area (Å²) >= 11 is 4.16. The first-order valence-corrected chi connectivity index (χ1v) is 4.63. The molecule has 1 atom stereocenters. The van der Waals surface area contributed by atoms with Gasteiger partial charge in [0, 0.05) is 6.61 Å². The molecule has 1 unspecified atom stereocenters. The Balaban J connectivity index is 3.08. The zero-order valence-electron chi connectivity index (χ0n) is 7.47. The van der Waals surface area contributed by atoms with E-state index in [1.54, 1.807) is 0 Å². The smallest absolute Gasteiger partial charge is 0.0503 e. The summed E-state index contributed by atoms with van der Waals surface area (Å²) < 4.78 is 5.39. The average molecular weight is 174 g/mol. The average Bonchev–Trinajstić information content (AvgIpc) is 1.97. The lowest BCUT2D eigenvalue weighted by Gasteiger charge is -2.08. The van der Waals surface area contributed by atoms with E-state index in [1.807, 2.05) is 6.92 Å². The summed E-state index contributed by atoms with van der Waals surface area (Å²) in [5, 5.41) is 0. The molecule has 0 saturated carbocycles. The lowest BCUT2D eigenvalue weighted by atomic mass is 10.2. The van der Waals surface area contributed by atoms with E-state index in [9.17, 15) is 0 Å². The highest BCUT2D eigenvalue weighted by atomic mass is 32.1. The topological polar surface area (TPSA) is 9.23 Å². The fraction of sp³-hybridized carbons (Fsp3) is 0.778. The minimum Gasteiger partial charge on any atom is -0.381 e. The van der Waals surface area contributed by atoms with E-state index in [0.29, 0.717) is 5.92 Å². The van der Waals surface area contributed by atoms with Crippen molar-refractivity contribution in [3.63, 3.8) is 0 Å². The van der Waals surface area contributed by atoms with Crippen molar-refractivity contribution in [3.8, 4) is 0 Å². The zero-order chi connectivity index (χ0) is 8.69. The minimum atomic E-state index is 0.559. The Kier molecular flexibility index (Phi) is 6.77. The summed E-state index contributed by atoms with van der Waals surface area (Å²) in [6, 6.07) is 0. The lowest BCUT2D eigenvalue weighted by Crippen LogP contribution is -2.08. The zero-order valence-corrected chi connectivity index (χ0v) is 8.36. The van der Waals surface area contributed by atoms with Crippen molar-refractivity contribution < 1.29 is 4.74 Å². The SMILES string of the molecule is C=C(C)CCOCC(C)CS. The maximum absolute atomic E-state index is 5.39. The molecule has 66 valence electrons. The third-order valence-electron chi connectivity index (χ3n) is 1.39. The van der Waals surface area contributed by atoms with Gasteiger partial charge in [0.2, 0.25) is 0 Å². The van der Waals surface area contributed by atoms with E-state index in [0.717, 1.165) is 25.4 Å². The molecule has 2 heteroatoms. The van der Waals surface area contributed by atoms with Crippen molar-refractivity contribution in [1.29, 1.82) is 0 Å². The fourth-order valence-electron chi connectivity index (χ4n) is 0.584. The molecule has 0 N–H and O–H groups in total. The molecule has 0 aromatic rings. The van der Waals surface area contributed by atoms with Gasteiger partial charge in [0.1, 0.15) is 0 Å². The Morgan fingerprint density at radius 1 is 1.64 bits per heavy atom. The van der Waals surface area contributed by atoms with Crippen LogP contribution in [0.3, 0.4) is 0 Å². The first kappa shape index (κ1) is 11.1. The van der Waals surface area contributed by atoms with Crippen molar-refractivity contribution in [2.24, 2.45) is 5.92 Å². The lowest BCUT2D eigenvalue weighted by molar-refractivity contribution is 0.114. The summed E-state index contributed by atoms with van der Waals surface area (Å²) in [5.74, 6) is 1.45. The van der Waals surface area contributed by atoms with E-state index in [2.05, 4.69) is 26.1 Å². The van der Waals surface area contributed by atoms with Crippen LogP contribution in [0.25, 0.3) is 0 Å². The Morgan fingerprint density at radius 3 is 2.73 bits per heavy atom. The monoisotopic (exact) mass is 174 g/mol. The summed E-state index contributed by atoms with van der Waals surface area (Å²) in [5.41, 5.74) is 1.18. The van der Waals surface area contributed by atoms with E-state index >= 15 is 0 Å². The third kappa shape index (κ3) is 7.95. The van der Waals surface area contributed by atoms with Crippen molar-refractivity contribution in [3.05, 3.63) is 12.2 Å². The normalized spacial score (nSPS) is 13.0. The van der Waals surface area contributed by atoms with Crippen molar-refractivity contribution in [2.75, 3.05) is 19.0 Å². The highest BCUT2D eigenvalue weighted by Gasteiger charge is 1.97. The van der Waals surface area contributed by atoms with E-state index < -0.39 is 0 Å². The molecule has 0 amide bonds. The molecule has 0 aliphatic carbocycles. The van der Waals surface area contributed by atoms with Crippen LogP contribution in [0, 0.1) is 5.92 Å². The molecule has 0 aromatic heterocycles. The van der Waals surface area contributed by atoms with E-state index in [1.165, 1.54) is 5.57 Å². The Bertz CT molecular complexity index is 112. The molecule has 0 spiro atoms. The van der Waals surface area contributed by atoms with Gasteiger partial charge < -0.3 is 4.74 Å². The molecular weight excluding hydrogens is 156 g/mol. The van der Waals surface area contributed by atoms with Crippen LogP contribution in [0.4, 0.5) is 0 Å². The van der Waals surface area contributed by atoms with Gasteiger partial charge in [0.05, 0.1) is 6.61 Å². The molecule has 0 aromatic carbocycles. The van der Waals surface area contributed by atoms with Crippen LogP contribution >= 0.6 is 12.6 Å². The van der Waals surface area contributed by atoms with Gasteiger partial charge in [-0.25, -0.2) is 0 Å². The van der Waals surface area contributed by atoms with Crippen LogP contribution in [0.5, 0.6) is 0 Å². The van der Waals surface area contributed by atoms with Crippen LogP contribution in [0.1, 0.15) is 20.3 Å². The van der Waals surface area contributed by atoms with E-state index in [4.69, 9.17) is 4.74 Å². The fourth-order valence-corrected chi connectivity index (χ4v) is 0.689. The highest BCUT2D eigenvalue weighted by Crippen LogP contribution is 2.00. The van der Waals surface area contributed by atoms with Gasteiger partial charge in [-0.1, -0.05) is 12.5 Å². The second-order valence-electron chi connectivity index (χ2n) is 3.07. The summed E-state index contributed by atoms with van der Waals surface area (Å²) in [6.45, 7) is 9.56. The van der Waals surface area contributed by atoms with Gasteiger partial charge in [-0.05, 0) is 25.0 Å². The Morgan fingerprint density at radius 2 is 2.27 bits per heavy atom. The molecule has 0 aliphatic rings. The quantitative estimate of drug-likeness (QED) is 0.370. The van der Waals surface area contributed by atoms with Gasteiger partial charge in [-0.3, -0.25) is 0 Å². The molecule has 0 radical (unpaired) electrons. The minimum absolute atomic E-state index is 0.559. The third-order valence-corrected chi connectivity index (χ3v) is 2.01. The second-order valence-corrected chi connectivity index (χ2v) is 3.43. The predicted molar refractivity (Wildman–Crippen MR) is 53.3 cm³/mol. The molecule has 11 heavy (non-hydrogen) atoms. The molecule has 0 bridgehead atoms. The number of ether oxygens (including phenoxy) is 1. The highest BCUT2D eigenvalue weighted by molar-refractivity contribution is 7.80. The summed E-state index contributed by atoms with van der Waals surface area (Å²) in [4.78, 5) is 0. The summed E-state index contributed by atoms with van der Waals surface area (Å²) in [6.07, 6.45) is 0.972. The van der Waals surface area contributed by atoms with Crippen LogP contribution in [-0.2, 0) is 4.74 Å². The van der Waals surface area contributed by atoms with Gasteiger partial charge in [-0.15, -0.1) is 6.58 Å². The number of hydrogen-bond donors (Lipinski definition) is 1. The molecule has 1 nitrogen and oxygen atoms in total. The molecule has 0 saturated heterocycles. The second kappa shape index (κ2) is 6.74. The number of rotatable bonds is 6.